The molecule has 0 atom stereocenters. The summed E-state index contributed by atoms with van der Waals surface area (Å²) in [6, 6.07) is 16.4. The summed E-state index contributed by atoms with van der Waals surface area (Å²) in [5, 5.41) is 11.8. The van der Waals surface area contributed by atoms with Crippen LogP contribution in [0.3, 0.4) is 0 Å². The first-order chi connectivity index (χ1) is 8.84. The van der Waals surface area contributed by atoms with Gasteiger partial charge in [0, 0.05) is 5.56 Å². The molecule has 0 aliphatic rings. The second kappa shape index (κ2) is 4.41. The Labute approximate surface area is 105 Å². The predicted octanol–water partition coefficient (Wildman–Crippen LogP) is 2.64. The number of aryl methyl sites for hydroxylation is 1. The van der Waals surface area contributed by atoms with Gasteiger partial charge >= 0.3 is 0 Å². The Hall–Kier alpha value is -2.49. The monoisotopic (exact) mass is 236 g/mol. The van der Waals surface area contributed by atoms with E-state index in [2.05, 4.69) is 52.7 Å². The van der Waals surface area contributed by atoms with E-state index in [0.717, 1.165) is 16.8 Å². The highest BCUT2D eigenvalue weighted by Gasteiger charge is 2.07. The quantitative estimate of drug-likeness (QED) is 0.687. The SMILES string of the molecule is Cc1ccc(-c2ccccc2-n2ncnn2)cc1. The fourth-order valence-electron chi connectivity index (χ4n) is 1.90. The smallest absolute Gasteiger partial charge is 0.135 e. The second-order valence-corrected chi connectivity index (χ2v) is 4.11. The maximum atomic E-state index is 4.08. The van der Waals surface area contributed by atoms with Crippen molar-refractivity contribution in [3.8, 4) is 16.8 Å². The topological polar surface area (TPSA) is 43.6 Å². The average molecular weight is 236 g/mol. The summed E-state index contributed by atoms with van der Waals surface area (Å²) >= 11 is 0. The minimum atomic E-state index is 0.929. The Bertz CT molecular complexity index is 642. The average Bonchev–Trinajstić information content (AvgIpc) is 2.93. The summed E-state index contributed by atoms with van der Waals surface area (Å²) in [7, 11) is 0. The molecular weight excluding hydrogens is 224 g/mol. The first-order valence-electron chi connectivity index (χ1n) is 5.74. The lowest BCUT2D eigenvalue weighted by Gasteiger charge is -2.08. The number of para-hydroxylation sites is 1. The normalized spacial score (nSPS) is 10.5. The Morgan fingerprint density at radius 3 is 2.44 bits per heavy atom. The fourth-order valence-corrected chi connectivity index (χ4v) is 1.90. The number of benzene rings is 2. The molecule has 1 heterocycles. The van der Waals surface area contributed by atoms with Gasteiger partial charge in [-0.3, -0.25) is 0 Å². The van der Waals surface area contributed by atoms with Gasteiger partial charge in [0.05, 0.1) is 5.69 Å². The van der Waals surface area contributed by atoms with Crippen molar-refractivity contribution >= 4 is 0 Å². The van der Waals surface area contributed by atoms with Gasteiger partial charge in [-0.05, 0) is 23.8 Å². The van der Waals surface area contributed by atoms with Crippen LogP contribution in [0.5, 0.6) is 0 Å². The molecule has 3 rings (SSSR count). The molecule has 0 saturated carbocycles. The zero-order valence-electron chi connectivity index (χ0n) is 9.99. The molecule has 18 heavy (non-hydrogen) atoms. The van der Waals surface area contributed by atoms with Gasteiger partial charge in [-0.2, -0.15) is 0 Å². The lowest BCUT2D eigenvalue weighted by Crippen LogP contribution is -2.01. The van der Waals surface area contributed by atoms with Crippen molar-refractivity contribution in [2.45, 2.75) is 6.92 Å². The van der Waals surface area contributed by atoms with Gasteiger partial charge < -0.3 is 0 Å². The molecule has 0 N–H and O–H groups in total. The van der Waals surface area contributed by atoms with Gasteiger partial charge in [0.1, 0.15) is 0 Å². The lowest BCUT2D eigenvalue weighted by atomic mass is 10.0. The van der Waals surface area contributed by atoms with Crippen molar-refractivity contribution in [2.24, 2.45) is 0 Å². The lowest BCUT2D eigenvalue weighted by molar-refractivity contribution is 0.721. The number of aromatic nitrogens is 4. The van der Waals surface area contributed by atoms with Crippen LogP contribution in [0.4, 0.5) is 0 Å². The molecule has 0 spiro atoms. The number of rotatable bonds is 2. The molecule has 2 aromatic carbocycles. The van der Waals surface area contributed by atoms with Crippen molar-refractivity contribution in [2.75, 3.05) is 0 Å². The van der Waals surface area contributed by atoms with Crippen molar-refractivity contribution in [1.29, 1.82) is 0 Å². The Kier molecular flexibility index (Phi) is 2.61. The maximum Gasteiger partial charge on any atom is 0.162 e. The molecule has 4 heteroatoms. The first kappa shape index (κ1) is 10.7. The van der Waals surface area contributed by atoms with Crippen LogP contribution in [0, 0.1) is 6.92 Å². The highest BCUT2D eigenvalue weighted by atomic mass is 15.6. The van der Waals surface area contributed by atoms with Gasteiger partial charge in [0.15, 0.2) is 6.33 Å². The van der Waals surface area contributed by atoms with E-state index < -0.39 is 0 Å². The van der Waals surface area contributed by atoms with Crippen LogP contribution in [0.15, 0.2) is 54.9 Å². The summed E-state index contributed by atoms with van der Waals surface area (Å²) in [6.45, 7) is 2.08. The van der Waals surface area contributed by atoms with Gasteiger partial charge in [-0.15, -0.1) is 15.0 Å². The highest BCUT2D eigenvalue weighted by Crippen LogP contribution is 2.25. The van der Waals surface area contributed by atoms with E-state index in [0.29, 0.717) is 0 Å². The summed E-state index contributed by atoms with van der Waals surface area (Å²) in [5.41, 5.74) is 4.41. The molecule has 4 nitrogen and oxygen atoms in total. The summed E-state index contributed by atoms with van der Waals surface area (Å²) in [5.74, 6) is 0. The molecule has 0 amide bonds. The van der Waals surface area contributed by atoms with Crippen LogP contribution < -0.4 is 0 Å². The zero-order chi connectivity index (χ0) is 12.4. The van der Waals surface area contributed by atoms with E-state index in [4.69, 9.17) is 0 Å². The number of hydrogen-bond donors (Lipinski definition) is 0. The van der Waals surface area contributed by atoms with Gasteiger partial charge in [0.2, 0.25) is 0 Å². The third-order valence-corrected chi connectivity index (χ3v) is 2.83. The molecule has 0 bridgehead atoms. The van der Waals surface area contributed by atoms with Crippen molar-refractivity contribution in [1.82, 2.24) is 20.2 Å². The van der Waals surface area contributed by atoms with Crippen LogP contribution in [0.2, 0.25) is 0 Å². The third kappa shape index (κ3) is 1.88. The maximum absolute atomic E-state index is 4.08. The number of tetrazole rings is 1. The van der Waals surface area contributed by atoms with Crippen molar-refractivity contribution in [3.05, 3.63) is 60.4 Å². The largest absolute Gasteiger partial charge is 0.162 e. The van der Waals surface area contributed by atoms with Crippen LogP contribution in [0.1, 0.15) is 5.56 Å². The third-order valence-electron chi connectivity index (χ3n) is 2.83. The van der Waals surface area contributed by atoms with E-state index >= 15 is 0 Å². The van der Waals surface area contributed by atoms with E-state index in [-0.39, 0.29) is 0 Å². The van der Waals surface area contributed by atoms with Crippen LogP contribution in [-0.2, 0) is 0 Å². The van der Waals surface area contributed by atoms with Crippen molar-refractivity contribution < 1.29 is 0 Å². The molecule has 0 unspecified atom stereocenters. The molecule has 1 aromatic heterocycles. The summed E-state index contributed by atoms with van der Waals surface area (Å²) in [6.07, 6.45) is 1.44. The Balaban J connectivity index is 2.15. The first-order valence-corrected chi connectivity index (χ1v) is 5.74. The predicted molar refractivity (Wildman–Crippen MR) is 69.3 cm³/mol. The fraction of sp³-hybridized carbons (Fsp3) is 0.0714. The molecule has 0 radical (unpaired) electrons. The Morgan fingerprint density at radius 2 is 1.72 bits per heavy atom. The van der Waals surface area contributed by atoms with E-state index in [1.54, 1.807) is 0 Å². The second-order valence-electron chi connectivity index (χ2n) is 4.11. The van der Waals surface area contributed by atoms with Gasteiger partial charge in [-0.1, -0.05) is 48.0 Å². The highest BCUT2D eigenvalue weighted by molar-refractivity contribution is 5.72. The molecule has 88 valence electrons. The van der Waals surface area contributed by atoms with Gasteiger partial charge in [-0.25, -0.2) is 0 Å². The molecule has 3 aromatic rings. The molecule has 0 fully saturated rings. The minimum absolute atomic E-state index is 0.929. The minimum Gasteiger partial charge on any atom is -0.135 e. The van der Waals surface area contributed by atoms with Crippen LogP contribution in [-0.4, -0.2) is 20.2 Å². The van der Waals surface area contributed by atoms with Gasteiger partial charge in [0.25, 0.3) is 0 Å². The molecule has 0 aliphatic carbocycles. The van der Waals surface area contributed by atoms with E-state index in [9.17, 15) is 0 Å². The van der Waals surface area contributed by atoms with Crippen molar-refractivity contribution in [3.63, 3.8) is 0 Å². The van der Waals surface area contributed by atoms with Crippen LogP contribution in [0.25, 0.3) is 16.8 Å². The number of nitrogens with zero attached hydrogens (tertiary/aromatic N) is 4. The summed E-state index contributed by atoms with van der Waals surface area (Å²) in [4.78, 5) is 1.54. The molecular formula is C14H12N4. The van der Waals surface area contributed by atoms with E-state index in [1.165, 1.54) is 16.7 Å². The molecule has 0 saturated heterocycles. The van der Waals surface area contributed by atoms with E-state index in [1.807, 2.05) is 18.2 Å². The standard InChI is InChI=1S/C14H12N4/c1-11-6-8-12(9-7-11)13-4-2-3-5-14(13)18-16-10-15-17-18/h2-10H,1H3. The Morgan fingerprint density at radius 1 is 0.944 bits per heavy atom. The van der Waals surface area contributed by atoms with Crippen LogP contribution >= 0.6 is 0 Å². The number of hydrogen-bond acceptors (Lipinski definition) is 3. The summed E-state index contributed by atoms with van der Waals surface area (Å²) < 4.78 is 0. The molecule has 0 aliphatic heterocycles. The zero-order valence-corrected chi connectivity index (χ0v) is 9.99.